The number of fused-ring (bicyclic) bond motifs is 1. The first kappa shape index (κ1) is 34.8. The van der Waals surface area contributed by atoms with Crippen molar-refractivity contribution in [2.45, 2.75) is 51.3 Å². The Morgan fingerprint density at radius 2 is 1.74 bits per heavy atom. The fraction of sp³-hybridized carbons (Fsp3) is 0.324. The molecule has 0 radical (unpaired) electrons. The lowest BCUT2D eigenvalue weighted by atomic mass is 9.84. The van der Waals surface area contributed by atoms with Crippen molar-refractivity contribution in [3.63, 3.8) is 0 Å². The molecule has 260 valence electrons. The number of benzene rings is 3. The van der Waals surface area contributed by atoms with E-state index in [4.69, 9.17) is 22.2 Å². The third-order valence-corrected chi connectivity index (χ3v) is 9.72. The van der Waals surface area contributed by atoms with Gasteiger partial charge in [0.2, 0.25) is 12.0 Å². The average Bonchev–Trinajstić information content (AvgIpc) is 3.61. The third kappa shape index (κ3) is 6.86. The number of amides is 3. The number of carboxylic acid groups (broad SMARTS) is 1. The fourth-order valence-corrected chi connectivity index (χ4v) is 6.76. The van der Waals surface area contributed by atoms with Gasteiger partial charge in [-0.05, 0) is 77.4 Å². The fourth-order valence-electron chi connectivity index (χ4n) is 6.59. The number of aromatic carboxylic acids is 1. The first-order chi connectivity index (χ1) is 23.9. The van der Waals surface area contributed by atoms with E-state index >= 15 is 0 Å². The predicted octanol–water partition coefficient (Wildman–Crippen LogP) is 5.03. The van der Waals surface area contributed by atoms with Gasteiger partial charge < -0.3 is 30.8 Å². The normalized spacial score (nSPS) is 19.2. The molecule has 0 aromatic heterocycles. The van der Waals surface area contributed by atoms with Crippen molar-refractivity contribution >= 4 is 52.3 Å². The molecule has 0 saturated carbocycles. The monoisotopic (exact) mass is 701 g/mol. The average molecular weight is 702 g/mol. The minimum atomic E-state index is -1.10. The van der Waals surface area contributed by atoms with Gasteiger partial charge in [-0.25, -0.2) is 9.18 Å². The van der Waals surface area contributed by atoms with Crippen molar-refractivity contribution in [2.75, 3.05) is 25.0 Å². The number of carboxylic acids is 1. The van der Waals surface area contributed by atoms with Crippen LogP contribution in [0, 0.1) is 11.7 Å². The molecule has 3 aliphatic rings. The van der Waals surface area contributed by atoms with E-state index in [-0.39, 0.29) is 46.7 Å². The highest BCUT2D eigenvalue weighted by Crippen LogP contribution is 2.38. The van der Waals surface area contributed by atoms with Gasteiger partial charge in [0.15, 0.2) is 5.82 Å². The quantitative estimate of drug-likeness (QED) is 0.298. The molecule has 0 saturated heterocycles. The molecule has 0 spiro atoms. The minimum Gasteiger partial charge on any atom is -0.478 e. The molecular formula is C37H37ClFN5O6. The standard InChI is InChI=1S/C37H37ClFN5O6/c1-20(2)32(40)36(47)43-16-13-21(14-17-43)24-5-3-6-26-25(24)15-18-44(33(26)34(45)41-23-11-9-22(10-12-23)37(48)49)35(46)30-19-29(42-50-30)27-7-4-8-28(38)31(27)39/h3-13,20,30,32-33H,14-19,40H2,1-2H3,(H,41,45)(H,48,49)/t30?,32-,33?/m0/s1. The summed E-state index contributed by atoms with van der Waals surface area (Å²) in [6, 6.07) is 14.2. The number of hydrogen-bond acceptors (Lipinski definition) is 7. The topological polar surface area (TPSA) is 155 Å². The summed E-state index contributed by atoms with van der Waals surface area (Å²) in [5, 5.41) is 16.1. The smallest absolute Gasteiger partial charge is 0.335 e. The van der Waals surface area contributed by atoms with Gasteiger partial charge in [0.05, 0.1) is 22.3 Å². The Morgan fingerprint density at radius 3 is 2.42 bits per heavy atom. The van der Waals surface area contributed by atoms with E-state index in [1.165, 1.54) is 41.3 Å². The molecule has 6 rings (SSSR count). The van der Waals surface area contributed by atoms with Crippen molar-refractivity contribution < 1.29 is 33.5 Å². The Kier molecular flexibility index (Phi) is 10.0. The number of oxime groups is 1. The first-order valence-corrected chi connectivity index (χ1v) is 16.8. The van der Waals surface area contributed by atoms with Gasteiger partial charge in [-0.15, -0.1) is 0 Å². The van der Waals surface area contributed by atoms with Crippen LogP contribution in [0.1, 0.15) is 65.3 Å². The van der Waals surface area contributed by atoms with E-state index in [1.807, 2.05) is 38.1 Å². The van der Waals surface area contributed by atoms with Gasteiger partial charge in [0, 0.05) is 37.3 Å². The Labute approximate surface area is 293 Å². The molecule has 3 heterocycles. The molecule has 3 amide bonds. The molecule has 3 aliphatic heterocycles. The molecule has 0 fully saturated rings. The summed E-state index contributed by atoms with van der Waals surface area (Å²) >= 11 is 5.97. The van der Waals surface area contributed by atoms with Crippen LogP contribution in [0.4, 0.5) is 10.1 Å². The molecule has 2 unspecified atom stereocenters. The number of nitrogens with two attached hydrogens (primary N) is 1. The molecular weight excluding hydrogens is 665 g/mol. The zero-order valence-electron chi connectivity index (χ0n) is 27.6. The summed E-state index contributed by atoms with van der Waals surface area (Å²) in [4.78, 5) is 61.3. The van der Waals surface area contributed by atoms with E-state index in [9.17, 15) is 28.7 Å². The lowest BCUT2D eigenvalue weighted by molar-refractivity contribution is -0.148. The maximum absolute atomic E-state index is 14.8. The summed E-state index contributed by atoms with van der Waals surface area (Å²) in [6.07, 6.45) is 1.93. The van der Waals surface area contributed by atoms with Crippen LogP contribution in [-0.4, -0.2) is 76.1 Å². The highest BCUT2D eigenvalue weighted by molar-refractivity contribution is 6.31. The third-order valence-electron chi connectivity index (χ3n) is 9.43. The van der Waals surface area contributed by atoms with Gasteiger partial charge in [-0.2, -0.15) is 0 Å². The number of nitrogens with one attached hydrogen (secondary N) is 1. The van der Waals surface area contributed by atoms with Gasteiger partial charge in [0.1, 0.15) is 6.04 Å². The molecule has 11 nitrogen and oxygen atoms in total. The Bertz CT molecular complexity index is 1910. The lowest BCUT2D eigenvalue weighted by Gasteiger charge is -2.38. The van der Waals surface area contributed by atoms with Crippen LogP contribution in [-0.2, 0) is 25.6 Å². The molecule has 4 N–H and O–H groups in total. The number of hydrogen-bond donors (Lipinski definition) is 3. The second-order valence-corrected chi connectivity index (χ2v) is 13.3. The second kappa shape index (κ2) is 14.4. The Morgan fingerprint density at radius 1 is 1.02 bits per heavy atom. The van der Waals surface area contributed by atoms with Gasteiger partial charge in [-0.1, -0.05) is 60.9 Å². The summed E-state index contributed by atoms with van der Waals surface area (Å²) in [5.41, 5.74) is 10.4. The zero-order valence-corrected chi connectivity index (χ0v) is 28.3. The summed E-state index contributed by atoms with van der Waals surface area (Å²) in [7, 11) is 0. The first-order valence-electron chi connectivity index (χ1n) is 16.4. The molecule has 0 bridgehead atoms. The molecule has 3 atom stereocenters. The van der Waals surface area contributed by atoms with Gasteiger partial charge in [-0.3, -0.25) is 14.4 Å². The zero-order chi connectivity index (χ0) is 35.7. The Hall–Kier alpha value is -5.07. The SMILES string of the molecule is CC(C)[C@H](N)C(=O)N1CC=C(c2cccc3c2CCN(C(=O)C2CC(c4cccc(Cl)c4F)=NO2)C3C(=O)Nc2ccc(C(=O)O)cc2)CC1. The maximum Gasteiger partial charge on any atom is 0.335 e. The van der Waals surface area contributed by atoms with Gasteiger partial charge in [0.25, 0.3) is 11.8 Å². The highest BCUT2D eigenvalue weighted by Gasteiger charge is 2.42. The van der Waals surface area contributed by atoms with E-state index in [1.54, 1.807) is 11.0 Å². The van der Waals surface area contributed by atoms with Crippen LogP contribution in [0.3, 0.4) is 0 Å². The summed E-state index contributed by atoms with van der Waals surface area (Å²) in [6.45, 7) is 4.93. The van der Waals surface area contributed by atoms with Crippen LogP contribution >= 0.6 is 11.6 Å². The number of anilines is 1. The number of carbonyl (C=O) groups excluding carboxylic acids is 3. The van der Waals surface area contributed by atoms with Crippen molar-refractivity contribution in [2.24, 2.45) is 16.8 Å². The largest absolute Gasteiger partial charge is 0.478 e. The summed E-state index contributed by atoms with van der Waals surface area (Å²) in [5.74, 6) is -2.83. The van der Waals surface area contributed by atoms with Crippen LogP contribution < -0.4 is 11.1 Å². The van der Waals surface area contributed by atoms with Crippen molar-refractivity contribution in [1.29, 1.82) is 0 Å². The van der Waals surface area contributed by atoms with Crippen molar-refractivity contribution in [1.82, 2.24) is 9.80 Å². The van der Waals surface area contributed by atoms with Crippen LogP contribution in [0.2, 0.25) is 5.02 Å². The van der Waals surface area contributed by atoms with Gasteiger partial charge >= 0.3 is 5.97 Å². The second-order valence-electron chi connectivity index (χ2n) is 12.9. The minimum absolute atomic E-state index is 0.0173. The Balaban J connectivity index is 1.29. The molecule has 13 heteroatoms. The number of rotatable bonds is 8. The van der Waals surface area contributed by atoms with Crippen LogP contribution in [0.15, 0.2) is 71.9 Å². The summed E-state index contributed by atoms with van der Waals surface area (Å²) < 4.78 is 14.8. The van der Waals surface area contributed by atoms with E-state index in [2.05, 4.69) is 10.5 Å². The van der Waals surface area contributed by atoms with Crippen LogP contribution in [0.5, 0.6) is 0 Å². The molecule has 3 aromatic carbocycles. The number of halogens is 2. The van der Waals surface area contributed by atoms with E-state index in [0.717, 1.165) is 16.7 Å². The molecule has 0 aliphatic carbocycles. The lowest BCUT2D eigenvalue weighted by Crippen LogP contribution is -2.49. The van der Waals surface area contributed by atoms with E-state index < -0.39 is 41.8 Å². The van der Waals surface area contributed by atoms with Crippen molar-refractivity contribution in [3.05, 3.63) is 105 Å². The maximum atomic E-state index is 14.8. The number of carbonyl (C=O) groups is 4. The highest BCUT2D eigenvalue weighted by atomic mass is 35.5. The molecule has 50 heavy (non-hydrogen) atoms. The van der Waals surface area contributed by atoms with Crippen molar-refractivity contribution in [3.8, 4) is 0 Å². The van der Waals surface area contributed by atoms with Crippen LogP contribution in [0.25, 0.3) is 5.57 Å². The molecule has 3 aromatic rings. The number of nitrogens with zero attached hydrogens (tertiary/aromatic N) is 3. The van der Waals surface area contributed by atoms with E-state index in [0.29, 0.717) is 37.2 Å². The predicted molar refractivity (Wildman–Crippen MR) is 186 cm³/mol.